The second-order valence-electron chi connectivity index (χ2n) is 8.06. The van der Waals surface area contributed by atoms with Gasteiger partial charge >= 0.3 is 0 Å². The fourth-order valence-corrected chi connectivity index (χ4v) is 3.96. The Morgan fingerprint density at radius 1 is 0.914 bits per heavy atom. The monoisotopic (exact) mass is 472 g/mol. The van der Waals surface area contributed by atoms with Crippen LogP contribution in [0.1, 0.15) is 20.3 Å². The highest BCUT2D eigenvalue weighted by atomic mass is 16.5. The number of benzene rings is 3. The summed E-state index contributed by atoms with van der Waals surface area (Å²) in [4.78, 5) is 24.6. The van der Waals surface area contributed by atoms with E-state index in [4.69, 9.17) is 9.47 Å². The Morgan fingerprint density at radius 2 is 1.63 bits per heavy atom. The number of nitrogens with zero attached hydrogens (tertiary/aromatic N) is 2. The first-order chi connectivity index (χ1) is 17.0. The number of aryl methyl sites for hydroxylation is 1. The summed E-state index contributed by atoms with van der Waals surface area (Å²) in [5.74, 6) is 0.611. The van der Waals surface area contributed by atoms with Crippen molar-refractivity contribution in [1.29, 1.82) is 0 Å². The van der Waals surface area contributed by atoms with Crippen molar-refractivity contribution >= 4 is 45.0 Å². The summed E-state index contributed by atoms with van der Waals surface area (Å²) in [7, 11) is 1.58. The van der Waals surface area contributed by atoms with Gasteiger partial charge in [0.1, 0.15) is 11.5 Å². The Labute approximate surface area is 203 Å². The molecule has 180 valence electrons. The number of methoxy groups -OCH3 is 1. The molecule has 0 radical (unpaired) electrons. The van der Waals surface area contributed by atoms with Gasteiger partial charge in [0.25, 0.3) is 5.91 Å². The minimum absolute atomic E-state index is 0.0500. The molecule has 0 unspecified atom stereocenters. The van der Waals surface area contributed by atoms with Gasteiger partial charge in [-0.15, -0.1) is 0 Å². The van der Waals surface area contributed by atoms with Gasteiger partial charge in [-0.2, -0.15) is 5.10 Å². The van der Waals surface area contributed by atoms with Gasteiger partial charge in [0, 0.05) is 39.7 Å². The predicted octanol–water partition coefficient (Wildman–Crippen LogP) is 4.72. The van der Waals surface area contributed by atoms with Gasteiger partial charge < -0.3 is 19.4 Å². The van der Waals surface area contributed by atoms with Crippen LogP contribution in [0.2, 0.25) is 0 Å². The van der Waals surface area contributed by atoms with Crippen molar-refractivity contribution in [2.45, 2.75) is 26.8 Å². The number of fused-ring (bicyclic) bond motifs is 3. The van der Waals surface area contributed by atoms with Crippen LogP contribution in [-0.2, 0) is 16.1 Å². The minimum atomic E-state index is -0.418. The molecule has 35 heavy (non-hydrogen) atoms. The van der Waals surface area contributed by atoms with Crippen molar-refractivity contribution in [2.75, 3.05) is 19.0 Å². The molecule has 0 aliphatic carbocycles. The molecule has 0 spiro atoms. The molecule has 4 aromatic rings. The van der Waals surface area contributed by atoms with E-state index in [0.29, 0.717) is 22.9 Å². The number of para-hydroxylation sites is 1. The lowest BCUT2D eigenvalue weighted by Gasteiger charge is -2.08. The summed E-state index contributed by atoms with van der Waals surface area (Å²) >= 11 is 0. The highest BCUT2D eigenvalue weighted by molar-refractivity contribution is 6.11. The summed E-state index contributed by atoms with van der Waals surface area (Å²) in [6, 6.07) is 21.1. The number of aromatic nitrogens is 1. The molecule has 0 bridgehead atoms. The van der Waals surface area contributed by atoms with Gasteiger partial charge in [-0.05, 0) is 62.4 Å². The van der Waals surface area contributed by atoms with Crippen molar-refractivity contribution in [3.8, 4) is 11.5 Å². The van der Waals surface area contributed by atoms with E-state index >= 15 is 0 Å². The van der Waals surface area contributed by atoms with Crippen molar-refractivity contribution < 1.29 is 19.1 Å². The maximum atomic E-state index is 12.5. The van der Waals surface area contributed by atoms with Crippen LogP contribution in [0.4, 0.5) is 5.69 Å². The number of rotatable bonds is 9. The highest BCUT2D eigenvalue weighted by Crippen LogP contribution is 2.31. The molecule has 8 nitrogen and oxygen atoms in total. The quantitative estimate of drug-likeness (QED) is 0.272. The molecule has 4 rings (SSSR count). The maximum absolute atomic E-state index is 12.5. The van der Waals surface area contributed by atoms with Gasteiger partial charge in [0.15, 0.2) is 6.61 Å². The Bertz CT molecular complexity index is 1390. The van der Waals surface area contributed by atoms with Gasteiger partial charge in [-0.1, -0.05) is 18.2 Å². The zero-order valence-electron chi connectivity index (χ0n) is 20.0. The fraction of sp³-hybridized carbons (Fsp3) is 0.222. The van der Waals surface area contributed by atoms with E-state index in [1.165, 1.54) is 5.52 Å². The smallest absolute Gasteiger partial charge is 0.277 e. The molecule has 8 heteroatoms. The summed E-state index contributed by atoms with van der Waals surface area (Å²) in [6.07, 6.45) is 0.0500. The summed E-state index contributed by atoms with van der Waals surface area (Å²) < 4.78 is 12.8. The number of hydrogen-bond acceptors (Lipinski definition) is 5. The first-order valence-electron chi connectivity index (χ1n) is 11.4. The zero-order valence-corrected chi connectivity index (χ0v) is 20.0. The van der Waals surface area contributed by atoms with Gasteiger partial charge in [-0.25, -0.2) is 5.43 Å². The second kappa shape index (κ2) is 10.7. The van der Waals surface area contributed by atoms with E-state index in [9.17, 15) is 9.59 Å². The predicted molar refractivity (Wildman–Crippen MR) is 138 cm³/mol. The number of amides is 2. The van der Waals surface area contributed by atoms with Crippen LogP contribution >= 0.6 is 0 Å². The van der Waals surface area contributed by atoms with Crippen LogP contribution in [0.5, 0.6) is 11.5 Å². The van der Waals surface area contributed by atoms with E-state index < -0.39 is 5.91 Å². The lowest BCUT2D eigenvalue weighted by atomic mass is 10.1. The van der Waals surface area contributed by atoms with Crippen molar-refractivity contribution in [1.82, 2.24) is 9.99 Å². The van der Waals surface area contributed by atoms with Crippen LogP contribution < -0.4 is 20.2 Å². The normalized spacial score (nSPS) is 11.5. The van der Waals surface area contributed by atoms with Gasteiger partial charge in [0.05, 0.1) is 13.5 Å². The third-order valence-electron chi connectivity index (χ3n) is 5.59. The van der Waals surface area contributed by atoms with Crippen molar-refractivity contribution in [2.24, 2.45) is 5.10 Å². The molecule has 2 N–H and O–H groups in total. The number of nitrogens with one attached hydrogen (secondary N) is 2. The number of hydrogen-bond donors (Lipinski definition) is 2. The number of hydrazone groups is 1. The van der Waals surface area contributed by atoms with Gasteiger partial charge in [0.2, 0.25) is 5.91 Å². The highest BCUT2D eigenvalue weighted by Gasteiger charge is 2.11. The first kappa shape index (κ1) is 23.8. The fourth-order valence-electron chi connectivity index (χ4n) is 3.96. The van der Waals surface area contributed by atoms with E-state index in [0.717, 1.165) is 22.8 Å². The molecular weight excluding hydrogens is 444 g/mol. The standard InChI is InChI=1S/C27H28N4O4/c1-4-31-24-8-6-5-7-22(24)23-16-19(9-14-25(23)31)28-26(32)15-18(2)29-30-27(33)17-35-21-12-10-20(34-3)11-13-21/h5-14,16H,4,15,17H2,1-3H3,(H,28,32)(H,30,33)/b29-18+. The molecule has 0 atom stereocenters. The van der Waals surface area contributed by atoms with Gasteiger partial charge in [-0.3, -0.25) is 9.59 Å². The van der Waals surface area contributed by atoms with Crippen molar-refractivity contribution in [3.63, 3.8) is 0 Å². The average Bonchev–Trinajstić information content (AvgIpc) is 3.19. The minimum Gasteiger partial charge on any atom is -0.497 e. The van der Waals surface area contributed by atoms with Crippen LogP contribution in [0.15, 0.2) is 71.8 Å². The number of ether oxygens (including phenoxy) is 2. The molecule has 1 aromatic heterocycles. The Balaban J connectivity index is 1.32. The zero-order chi connectivity index (χ0) is 24.8. The maximum Gasteiger partial charge on any atom is 0.277 e. The molecular formula is C27H28N4O4. The Hall–Kier alpha value is -4.33. The van der Waals surface area contributed by atoms with E-state index in [1.807, 2.05) is 30.3 Å². The number of carbonyl (C=O) groups is 2. The number of carbonyl (C=O) groups excluding carboxylic acids is 2. The molecule has 0 saturated carbocycles. The molecule has 0 aliphatic heterocycles. The van der Waals surface area contributed by atoms with Crippen LogP contribution in [0.25, 0.3) is 21.8 Å². The van der Waals surface area contributed by atoms with Crippen LogP contribution in [-0.4, -0.2) is 35.8 Å². The average molecular weight is 473 g/mol. The summed E-state index contributed by atoms with van der Waals surface area (Å²) in [5.41, 5.74) is 5.90. The molecule has 3 aromatic carbocycles. The molecule has 0 saturated heterocycles. The van der Waals surface area contributed by atoms with E-state index in [2.05, 4.69) is 39.5 Å². The van der Waals surface area contributed by atoms with E-state index in [-0.39, 0.29) is 18.9 Å². The van der Waals surface area contributed by atoms with Crippen molar-refractivity contribution in [3.05, 3.63) is 66.7 Å². The number of anilines is 1. The summed E-state index contributed by atoms with van der Waals surface area (Å²) in [5, 5.41) is 9.17. The lowest BCUT2D eigenvalue weighted by Crippen LogP contribution is -2.26. The topological polar surface area (TPSA) is 94.0 Å². The molecule has 1 heterocycles. The second-order valence-corrected chi connectivity index (χ2v) is 8.06. The summed E-state index contributed by atoms with van der Waals surface area (Å²) in [6.45, 7) is 4.47. The molecule has 2 amide bonds. The van der Waals surface area contributed by atoms with E-state index in [1.54, 1.807) is 38.3 Å². The largest absolute Gasteiger partial charge is 0.497 e. The Kier molecular flexibility index (Phi) is 7.30. The Morgan fingerprint density at radius 3 is 2.37 bits per heavy atom. The molecule has 0 aliphatic rings. The van der Waals surface area contributed by atoms with Crippen LogP contribution in [0.3, 0.4) is 0 Å². The third-order valence-corrected chi connectivity index (χ3v) is 5.59. The third kappa shape index (κ3) is 5.60. The lowest BCUT2D eigenvalue weighted by molar-refractivity contribution is -0.123. The SMILES string of the molecule is CCn1c2ccccc2c2cc(NC(=O)C/C(C)=N/NC(=O)COc3ccc(OC)cc3)ccc21. The molecule has 0 fully saturated rings. The van der Waals surface area contributed by atoms with Crippen LogP contribution in [0, 0.1) is 0 Å². The first-order valence-corrected chi connectivity index (χ1v) is 11.4.